The monoisotopic (exact) mass is 680 g/mol. The first-order valence-electron chi connectivity index (χ1n) is 18.6. The molecule has 0 aromatic heterocycles. The predicted octanol–water partition coefficient (Wildman–Crippen LogP) is 3.29. The van der Waals surface area contributed by atoms with Crippen LogP contribution >= 0.6 is 0 Å². The highest BCUT2D eigenvalue weighted by Gasteiger charge is 2.38. The van der Waals surface area contributed by atoms with Crippen LogP contribution in [0.2, 0.25) is 0 Å². The van der Waals surface area contributed by atoms with E-state index in [4.69, 9.17) is 11.2 Å². The van der Waals surface area contributed by atoms with E-state index < -0.39 is 42.0 Å². The smallest absolute Gasteiger partial charge is 0.243 e. The zero-order valence-corrected chi connectivity index (χ0v) is 29.9. The molecule has 0 radical (unpaired) electrons. The minimum absolute atomic E-state index is 0.0119. The highest BCUT2D eigenvalue weighted by atomic mass is 16.5. The molecule has 4 unspecified atom stereocenters. The summed E-state index contributed by atoms with van der Waals surface area (Å²) < 4.78 is 5.70. The Kier molecular flexibility index (Phi) is 15.4. The van der Waals surface area contributed by atoms with Crippen molar-refractivity contribution in [2.45, 2.75) is 127 Å². The Morgan fingerprint density at radius 2 is 1.67 bits per heavy atom. The van der Waals surface area contributed by atoms with Gasteiger partial charge in [-0.1, -0.05) is 76.3 Å². The molecule has 2 saturated heterocycles. The molecule has 3 amide bonds. The number of nitrogens with zero attached hydrogens (tertiary/aromatic N) is 2. The molecule has 0 spiro atoms. The maximum Gasteiger partial charge on any atom is 0.243 e. The van der Waals surface area contributed by atoms with E-state index in [1.54, 1.807) is 11.9 Å². The van der Waals surface area contributed by atoms with Gasteiger partial charge in [0.25, 0.3) is 0 Å². The van der Waals surface area contributed by atoms with Gasteiger partial charge in [0, 0.05) is 45.1 Å². The third-order valence-corrected chi connectivity index (χ3v) is 10.7. The van der Waals surface area contributed by atoms with E-state index >= 15 is 0 Å². The van der Waals surface area contributed by atoms with Gasteiger partial charge in [0.1, 0.15) is 12.1 Å². The summed E-state index contributed by atoms with van der Waals surface area (Å²) in [6, 6.07) is 8.62. The number of rotatable bonds is 18. The zero-order valence-electron chi connectivity index (χ0n) is 29.9. The molecule has 3 fully saturated rings. The Morgan fingerprint density at radius 3 is 2.31 bits per heavy atom. The first-order valence-corrected chi connectivity index (χ1v) is 18.6. The second-order valence-electron chi connectivity index (χ2n) is 15.1. The lowest BCUT2D eigenvalue weighted by Crippen LogP contribution is -2.56. The lowest BCUT2D eigenvalue weighted by atomic mass is 9.82. The van der Waals surface area contributed by atoms with Crippen molar-refractivity contribution < 1.29 is 29.3 Å². The molecule has 1 aliphatic carbocycles. The van der Waals surface area contributed by atoms with E-state index in [1.807, 2.05) is 44.2 Å². The van der Waals surface area contributed by atoms with Gasteiger partial charge in [-0.15, -0.1) is 12.3 Å². The van der Waals surface area contributed by atoms with Crippen molar-refractivity contribution in [1.29, 1.82) is 0 Å². The number of amides is 3. The Labute approximate surface area is 293 Å². The van der Waals surface area contributed by atoms with E-state index in [9.17, 15) is 24.6 Å². The van der Waals surface area contributed by atoms with Crippen LogP contribution in [-0.4, -0.2) is 107 Å². The quantitative estimate of drug-likeness (QED) is 0.175. The van der Waals surface area contributed by atoms with Crippen LogP contribution in [0.15, 0.2) is 30.3 Å². The van der Waals surface area contributed by atoms with Crippen molar-refractivity contribution in [3.05, 3.63) is 35.9 Å². The number of fused-ring (bicyclic) bond motifs is 2. The number of aliphatic hydroxyl groups is 2. The topological polar surface area (TPSA) is 131 Å². The first kappa shape index (κ1) is 38.8. The van der Waals surface area contributed by atoms with Gasteiger partial charge in [0.05, 0.1) is 31.3 Å². The number of benzene rings is 1. The fraction of sp³-hybridized carbons (Fsp3) is 0.718. The van der Waals surface area contributed by atoms with Crippen molar-refractivity contribution in [2.75, 3.05) is 33.4 Å². The average Bonchev–Trinajstić information content (AvgIpc) is 3.30. The van der Waals surface area contributed by atoms with Crippen LogP contribution in [0.25, 0.3) is 0 Å². The standard InChI is InChI=1S/C39H60N4O6/c1-5-12-33(39(48)41-34(23-29-15-10-7-11-16-29)37(46)35(44)21-27(2)3)40-38(47)30(22-28-13-8-6-9-14-28)24-36(45)42(4)19-20-43-31-17-18-32(43)26-49-25-31/h1,6,8-9,13-14,27,29-35,37,44,46H,7,10-12,15-26H2,2-4H3,(H,40,47)(H,41,48)/t30-,31?,32?,33?,34+,35+,37?/m1/s1. The molecule has 2 aliphatic heterocycles. The molecule has 1 saturated carbocycles. The van der Waals surface area contributed by atoms with Gasteiger partial charge in [-0.2, -0.15) is 0 Å². The summed E-state index contributed by atoms with van der Waals surface area (Å²) in [5.41, 5.74) is 0.913. The fourth-order valence-corrected chi connectivity index (χ4v) is 7.85. The van der Waals surface area contributed by atoms with Gasteiger partial charge in [-0.25, -0.2) is 0 Å². The number of terminal acetylenes is 1. The minimum atomic E-state index is -1.15. The number of hydrogen-bond donors (Lipinski definition) is 4. The number of nitrogens with one attached hydrogen (secondary N) is 2. The molecule has 2 bridgehead atoms. The SMILES string of the molecule is C#CCC(NC(=O)[C@@H](CC(=O)N(C)CCN1C2CCC1COC2)Cc1ccccc1)C(=O)N[C@@H](CC1CCCCC1)C(O)[C@@H](O)CC(C)C. The molecular formula is C39H60N4O6. The average molecular weight is 681 g/mol. The van der Waals surface area contributed by atoms with E-state index in [0.717, 1.165) is 63.8 Å². The fourth-order valence-electron chi connectivity index (χ4n) is 7.85. The molecule has 1 aromatic carbocycles. The second kappa shape index (κ2) is 19.4. The Bertz CT molecular complexity index is 1220. The first-order chi connectivity index (χ1) is 23.5. The number of morpholine rings is 1. The van der Waals surface area contributed by atoms with Crippen LogP contribution in [0.4, 0.5) is 0 Å². The van der Waals surface area contributed by atoms with Gasteiger partial charge >= 0.3 is 0 Å². The third kappa shape index (κ3) is 11.8. The number of ether oxygens (including phenoxy) is 1. The maximum absolute atomic E-state index is 13.9. The van der Waals surface area contributed by atoms with Gasteiger partial charge in [-0.05, 0) is 49.5 Å². The zero-order chi connectivity index (χ0) is 35.3. The molecular weight excluding hydrogens is 620 g/mol. The summed E-state index contributed by atoms with van der Waals surface area (Å²) in [7, 11) is 1.78. The van der Waals surface area contributed by atoms with Gasteiger partial charge < -0.3 is 30.5 Å². The van der Waals surface area contributed by atoms with Gasteiger partial charge in [0.2, 0.25) is 17.7 Å². The minimum Gasteiger partial charge on any atom is -0.390 e. The molecule has 4 rings (SSSR count). The molecule has 3 aliphatic rings. The van der Waals surface area contributed by atoms with Gasteiger partial charge in [-0.3, -0.25) is 19.3 Å². The second-order valence-corrected chi connectivity index (χ2v) is 15.1. The summed E-state index contributed by atoms with van der Waals surface area (Å²) in [6.07, 6.45) is 12.4. The molecule has 10 nitrogen and oxygen atoms in total. The third-order valence-electron chi connectivity index (χ3n) is 10.7. The van der Waals surface area contributed by atoms with Crippen LogP contribution in [0.5, 0.6) is 0 Å². The van der Waals surface area contributed by atoms with E-state index in [-0.39, 0.29) is 24.7 Å². The van der Waals surface area contributed by atoms with Crippen LogP contribution < -0.4 is 10.6 Å². The molecule has 1 aromatic rings. The summed E-state index contributed by atoms with van der Waals surface area (Å²) in [4.78, 5) is 45.4. The van der Waals surface area contributed by atoms with E-state index in [1.165, 1.54) is 6.42 Å². The molecule has 272 valence electrons. The van der Waals surface area contributed by atoms with Crippen molar-refractivity contribution in [3.8, 4) is 12.3 Å². The van der Waals surface area contributed by atoms with Crippen LogP contribution in [0, 0.1) is 30.1 Å². The summed E-state index contributed by atoms with van der Waals surface area (Å²) >= 11 is 0. The van der Waals surface area contributed by atoms with Gasteiger partial charge in [0.15, 0.2) is 0 Å². The number of aliphatic hydroxyl groups excluding tert-OH is 2. The summed E-state index contributed by atoms with van der Waals surface area (Å²) in [6.45, 7) is 6.75. The van der Waals surface area contributed by atoms with Crippen LogP contribution in [0.3, 0.4) is 0 Å². The highest BCUT2D eigenvalue weighted by molar-refractivity contribution is 5.91. The van der Waals surface area contributed by atoms with Crippen molar-refractivity contribution in [2.24, 2.45) is 17.8 Å². The number of hydrogen-bond acceptors (Lipinski definition) is 7. The summed E-state index contributed by atoms with van der Waals surface area (Å²) in [5.74, 6) is 1.25. The lowest BCUT2D eigenvalue weighted by Gasteiger charge is -2.35. The lowest BCUT2D eigenvalue weighted by molar-refractivity contribution is -0.137. The summed E-state index contributed by atoms with van der Waals surface area (Å²) in [5, 5.41) is 27.9. The Morgan fingerprint density at radius 1 is 1.00 bits per heavy atom. The van der Waals surface area contributed by atoms with Crippen LogP contribution in [-0.2, 0) is 25.5 Å². The number of likely N-dealkylation sites (N-methyl/N-ethyl adjacent to an activating group) is 1. The van der Waals surface area contributed by atoms with Crippen molar-refractivity contribution in [1.82, 2.24) is 20.4 Å². The number of carbonyl (C=O) groups is 3. The van der Waals surface area contributed by atoms with E-state index in [2.05, 4.69) is 21.5 Å². The normalized spacial score (nSPS) is 22.8. The predicted molar refractivity (Wildman–Crippen MR) is 190 cm³/mol. The Balaban J connectivity index is 1.43. The van der Waals surface area contributed by atoms with Crippen LogP contribution in [0.1, 0.15) is 90.0 Å². The molecule has 2 heterocycles. The Hall–Kier alpha value is -2.97. The van der Waals surface area contributed by atoms with E-state index in [0.29, 0.717) is 43.8 Å². The van der Waals surface area contributed by atoms with Crippen molar-refractivity contribution >= 4 is 17.7 Å². The van der Waals surface area contributed by atoms with Crippen molar-refractivity contribution in [3.63, 3.8) is 0 Å². The molecule has 4 N–H and O–H groups in total. The maximum atomic E-state index is 13.9. The molecule has 10 heteroatoms. The molecule has 7 atom stereocenters. The molecule has 49 heavy (non-hydrogen) atoms. The highest BCUT2D eigenvalue weighted by Crippen LogP contribution is 2.30. The number of carbonyl (C=O) groups excluding carboxylic acids is 3. The largest absolute Gasteiger partial charge is 0.390 e.